The first-order valence-electron chi connectivity index (χ1n) is 26.9. The van der Waals surface area contributed by atoms with Gasteiger partial charge in [-0.1, -0.05) is 66.1 Å². The smallest absolute Gasteiger partial charge is 0.393 e. The summed E-state index contributed by atoms with van der Waals surface area (Å²) in [6, 6.07) is 0. The van der Waals surface area contributed by atoms with Gasteiger partial charge < -0.3 is 66.2 Å². The molecule has 79 heavy (non-hydrogen) atoms. The lowest BCUT2D eigenvalue weighted by atomic mass is 9.43. The van der Waals surface area contributed by atoms with Gasteiger partial charge >= 0.3 is 23.5 Å². The quantitative estimate of drug-likeness (QED) is 0.0502. The molecule has 4 saturated carbocycles. The first kappa shape index (κ1) is 64.0. The molecule has 0 spiro atoms. The predicted molar refractivity (Wildman–Crippen MR) is 283 cm³/mol. The summed E-state index contributed by atoms with van der Waals surface area (Å²) in [7, 11) is -16.5. The lowest BCUT2D eigenvalue weighted by Gasteiger charge is -2.63. The van der Waals surface area contributed by atoms with Gasteiger partial charge in [-0.25, -0.2) is 28.6 Å². The maximum Gasteiger partial charge on any atom is 0.481 e. The highest BCUT2D eigenvalue weighted by Crippen LogP contribution is 2.69. The molecule has 1 aliphatic heterocycles. The van der Waals surface area contributed by atoms with Crippen LogP contribution in [0, 0.1) is 57.7 Å². The fraction of sp³-hybridized carbons (Fsp3) is 0.833. The third-order valence-corrected chi connectivity index (χ3v) is 22.2. The molecule has 5 fully saturated rings. The molecule has 4 unspecified atom stereocenters. The lowest BCUT2D eigenvalue weighted by molar-refractivity contribution is -0.207. The molecule has 1 saturated heterocycles. The number of thioether (sulfide) groups is 1. The van der Waals surface area contributed by atoms with E-state index in [0.29, 0.717) is 30.4 Å². The average Bonchev–Trinajstić information content (AvgIpc) is 4.30. The molecule has 2 aromatic heterocycles. The van der Waals surface area contributed by atoms with Crippen LogP contribution in [0.2, 0.25) is 0 Å². The van der Waals surface area contributed by atoms with Crippen molar-refractivity contribution in [3.63, 3.8) is 0 Å². The van der Waals surface area contributed by atoms with Gasteiger partial charge in [-0.2, -0.15) is 4.31 Å². The van der Waals surface area contributed by atoms with Crippen LogP contribution in [-0.2, 0) is 50.7 Å². The number of phosphoric ester groups is 3. The summed E-state index contributed by atoms with van der Waals surface area (Å²) in [6.07, 6.45) is 0.0812. The number of imidazole rings is 1. The van der Waals surface area contributed by atoms with E-state index in [-0.39, 0.29) is 88.1 Å². The van der Waals surface area contributed by atoms with E-state index in [1.54, 1.807) is 0 Å². The Morgan fingerprint density at radius 2 is 1.65 bits per heavy atom. The standard InChI is InChI=1S/C48H80N7O20P3S/c1-25(29-10-11-30-36-31(20-34(58)48(29,30)6)47(5)14-12-28(56)18-27(47)19-32(36)57)8-7-9-26(2)45(63)79-17-16-50-35(59)13-15-51-43(62)40(61)46(3,4)22-72-78(69,70)75-77(67,68)71-21-33-39(74-76(64,65)66)38(60)44(73-33)55-24-54-37-41(49)52-23-53-42(37)55/h23-34,36,38-40,44,56-58,60-61H,7-22H2,1-6H3,(H,50,59)(H,51,62)(H,67,68)(H,69,70)(H2,49,52,53)(H2,64,65,66)/t25-,26+,27+,28-,29-,30+,31+,32-,33-,34?,36+,38-,39-,40+,44-,47+,48?/m1/s1. The van der Waals surface area contributed by atoms with E-state index in [4.69, 9.17) is 19.5 Å². The second kappa shape index (κ2) is 25.3. The number of nitrogens with zero attached hydrogens (tertiary/aromatic N) is 4. The van der Waals surface area contributed by atoms with Crippen LogP contribution in [0.4, 0.5) is 5.82 Å². The van der Waals surface area contributed by atoms with E-state index >= 15 is 0 Å². The number of anilines is 1. The number of nitrogen functional groups attached to an aromatic ring is 1. The molecule has 2 amide bonds. The minimum atomic E-state index is -5.60. The lowest BCUT2D eigenvalue weighted by Crippen LogP contribution is -2.62. The van der Waals surface area contributed by atoms with E-state index in [1.165, 1.54) is 13.8 Å². The molecule has 448 valence electrons. The van der Waals surface area contributed by atoms with Gasteiger partial charge in [0.25, 0.3) is 0 Å². The third-order valence-electron chi connectivity index (χ3n) is 18.0. The monoisotopic (exact) mass is 1200 g/mol. The zero-order chi connectivity index (χ0) is 58.2. The minimum absolute atomic E-state index is 0.00814. The summed E-state index contributed by atoms with van der Waals surface area (Å²) in [5.41, 5.74) is 3.98. The summed E-state index contributed by atoms with van der Waals surface area (Å²) in [5, 5.41) is 60.8. The fourth-order valence-corrected chi connectivity index (χ4v) is 17.3. The Morgan fingerprint density at radius 1 is 0.937 bits per heavy atom. The number of amides is 2. The minimum Gasteiger partial charge on any atom is -0.393 e. The Morgan fingerprint density at radius 3 is 2.35 bits per heavy atom. The highest BCUT2D eigenvalue weighted by molar-refractivity contribution is 8.13. The Bertz CT molecular complexity index is 2640. The van der Waals surface area contributed by atoms with Crippen molar-refractivity contribution in [1.29, 1.82) is 0 Å². The highest BCUT2D eigenvalue weighted by atomic mass is 32.2. The maximum absolute atomic E-state index is 13.1. The number of ether oxygens (including phenoxy) is 1. The number of nitrogens with two attached hydrogens (primary N) is 1. The van der Waals surface area contributed by atoms with E-state index < -0.39 is 96.8 Å². The van der Waals surface area contributed by atoms with Gasteiger partial charge in [-0.05, 0) is 97.7 Å². The molecule has 3 heterocycles. The van der Waals surface area contributed by atoms with Crippen molar-refractivity contribution in [3.05, 3.63) is 12.7 Å². The van der Waals surface area contributed by atoms with Gasteiger partial charge in [0, 0.05) is 36.6 Å². The Balaban J connectivity index is 0.770. The molecular formula is C48H80N7O20P3S. The van der Waals surface area contributed by atoms with Gasteiger partial charge in [-0.3, -0.25) is 32.5 Å². The van der Waals surface area contributed by atoms with Crippen molar-refractivity contribution in [3.8, 4) is 0 Å². The molecule has 19 atom stereocenters. The predicted octanol–water partition coefficient (Wildman–Crippen LogP) is 3.07. The zero-order valence-electron chi connectivity index (χ0n) is 45.3. The molecule has 0 radical (unpaired) electrons. The van der Waals surface area contributed by atoms with Crippen LogP contribution in [0.3, 0.4) is 0 Å². The van der Waals surface area contributed by atoms with Crippen molar-refractivity contribution in [1.82, 2.24) is 30.2 Å². The second-order valence-corrected chi connectivity index (χ2v) is 28.9. The number of aromatic nitrogens is 4. The number of carbonyl (C=O) groups excluding carboxylic acids is 3. The number of aliphatic hydroxyl groups excluding tert-OH is 5. The SMILES string of the molecule is C[C@H](CCC[C@H](C)C(=O)SCCNC(=O)CCNC(=O)[C@H](O)C(C)(C)COP(=O)(O)OP(=O)(O)OC[C@H]1O[C@@H](n2cnc3c(N)ncnc32)[C@H](O)[C@@H]1OP(=O)(O)O)[C@H]1CC[C@H]2[C@@H]3[C@H](O)C[C@@H]4C[C@H](O)CC[C@]4(C)[C@H]3CC(O)C12C. The van der Waals surface area contributed by atoms with Crippen LogP contribution in [0.25, 0.3) is 11.2 Å². The molecule has 27 nitrogen and oxygen atoms in total. The van der Waals surface area contributed by atoms with E-state index in [2.05, 4.69) is 55.2 Å². The summed E-state index contributed by atoms with van der Waals surface area (Å²) >= 11 is 1.12. The maximum atomic E-state index is 13.1. The Hall–Kier alpha value is -2.56. The number of phosphoric acid groups is 3. The van der Waals surface area contributed by atoms with Gasteiger partial charge in [-0.15, -0.1) is 0 Å². The van der Waals surface area contributed by atoms with Gasteiger partial charge in [0.2, 0.25) is 11.8 Å². The van der Waals surface area contributed by atoms with Gasteiger partial charge in [0.15, 0.2) is 22.8 Å². The summed E-state index contributed by atoms with van der Waals surface area (Å²) < 4.78 is 62.8. The topological polar surface area (TPSA) is 424 Å². The number of nitrogens with one attached hydrogen (secondary N) is 2. The third kappa shape index (κ3) is 14.7. The number of hydrogen-bond acceptors (Lipinski definition) is 21. The van der Waals surface area contributed by atoms with Crippen LogP contribution in [0.5, 0.6) is 0 Å². The molecule has 4 aliphatic carbocycles. The molecule has 13 N–H and O–H groups in total. The van der Waals surface area contributed by atoms with Crippen molar-refractivity contribution in [2.45, 2.75) is 161 Å². The number of aliphatic hydroxyl groups is 5. The summed E-state index contributed by atoms with van der Waals surface area (Å²) in [6.45, 7) is 9.17. The fourth-order valence-electron chi connectivity index (χ4n) is 13.6. The molecule has 7 rings (SSSR count). The molecule has 5 aliphatic rings. The number of fused-ring (bicyclic) bond motifs is 6. The molecule has 0 aromatic carbocycles. The number of carbonyl (C=O) groups is 3. The molecule has 2 aromatic rings. The van der Waals surface area contributed by atoms with Crippen LogP contribution in [0.1, 0.15) is 118 Å². The zero-order valence-corrected chi connectivity index (χ0v) is 48.8. The Kier molecular flexibility index (Phi) is 20.5. The van der Waals surface area contributed by atoms with Crippen molar-refractivity contribution < 1.29 is 95.8 Å². The number of rotatable bonds is 25. The van der Waals surface area contributed by atoms with E-state index in [1.807, 2.05) is 6.92 Å². The molecule has 0 bridgehead atoms. The first-order chi connectivity index (χ1) is 36.8. The van der Waals surface area contributed by atoms with E-state index in [0.717, 1.165) is 80.4 Å². The molecule has 31 heteroatoms. The van der Waals surface area contributed by atoms with Crippen LogP contribution in [0.15, 0.2) is 12.7 Å². The summed E-state index contributed by atoms with van der Waals surface area (Å²) in [5.74, 6) is 0.168. The highest BCUT2D eigenvalue weighted by Gasteiger charge is 2.66. The average molecular weight is 1200 g/mol. The van der Waals surface area contributed by atoms with Crippen molar-refractivity contribution in [2.75, 3.05) is 37.8 Å². The van der Waals surface area contributed by atoms with Gasteiger partial charge in [0.1, 0.15) is 36.3 Å². The van der Waals surface area contributed by atoms with Crippen LogP contribution < -0.4 is 16.4 Å². The normalized spacial score (nSPS) is 34.6. The van der Waals surface area contributed by atoms with Gasteiger partial charge in [0.05, 0.1) is 37.9 Å². The van der Waals surface area contributed by atoms with Crippen LogP contribution in [-0.4, -0.2) is 156 Å². The van der Waals surface area contributed by atoms with Crippen LogP contribution >= 0.6 is 35.2 Å². The first-order valence-corrected chi connectivity index (χ1v) is 32.4. The van der Waals surface area contributed by atoms with Crippen molar-refractivity contribution >= 4 is 69.1 Å². The molecular weight excluding hydrogens is 1120 g/mol. The summed E-state index contributed by atoms with van der Waals surface area (Å²) in [4.78, 5) is 89.9. The number of hydrogen-bond donors (Lipinski definition) is 12. The van der Waals surface area contributed by atoms with E-state index in [9.17, 15) is 73.2 Å². The second-order valence-electron chi connectivity index (χ2n) is 23.6. The largest absolute Gasteiger partial charge is 0.481 e. The Labute approximate surface area is 462 Å². The van der Waals surface area contributed by atoms with Crippen molar-refractivity contribution in [2.24, 2.45) is 57.7 Å².